The predicted octanol–water partition coefficient (Wildman–Crippen LogP) is 4.50. The lowest BCUT2D eigenvalue weighted by molar-refractivity contribution is 0.0902. The number of hydrogen-bond donors (Lipinski definition) is 1. The molecule has 9 heteroatoms. The van der Waals surface area contributed by atoms with Crippen LogP contribution < -0.4 is 4.90 Å². The van der Waals surface area contributed by atoms with E-state index < -0.39 is 17.4 Å². The third-order valence-corrected chi connectivity index (χ3v) is 5.51. The molecule has 1 fully saturated rings. The van der Waals surface area contributed by atoms with E-state index in [1.54, 1.807) is 11.1 Å². The number of aromatic hydroxyl groups is 1. The van der Waals surface area contributed by atoms with Gasteiger partial charge in [-0.15, -0.1) is 0 Å². The molecule has 1 N–H and O–H groups in total. The van der Waals surface area contributed by atoms with Gasteiger partial charge in [0.05, 0.1) is 17.7 Å². The van der Waals surface area contributed by atoms with Gasteiger partial charge < -0.3 is 19.6 Å². The highest BCUT2D eigenvalue weighted by atomic mass is 19.1. The average molecular weight is 456 g/mol. The topological polar surface area (TPSA) is 78.8 Å². The van der Waals surface area contributed by atoms with Gasteiger partial charge >= 0.3 is 6.09 Å². The molecule has 0 spiro atoms. The zero-order valence-electron chi connectivity index (χ0n) is 18.8. The number of fused-ring (bicyclic) bond motifs is 1. The van der Waals surface area contributed by atoms with Gasteiger partial charge in [-0.1, -0.05) is 13.8 Å². The molecule has 1 aliphatic rings. The summed E-state index contributed by atoms with van der Waals surface area (Å²) >= 11 is 0. The predicted molar refractivity (Wildman–Crippen MR) is 121 cm³/mol. The van der Waals surface area contributed by atoms with E-state index in [-0.39, 0.29) is 23.4 Å². The molecule has 2 aromatic carbocycles. The summed E-state index contributed by atoms with van der Waals surface area (Å²) in [6.45, 7) is 8.61. The van der Waals surface area contributed by atoms with Crippen LogP contribution in [-0.2, 0) is 4.74 Å². The normalized spacial score (nSPS) is 14.2. The molecule has 7 nitrogen and oxygen atoms in total. The Hall–Kier alpha value is -3.49. The van der Waals surface area contributed by atoms with Gasteiger partial charge in [0.1, 0.15) is 5.82 Å². The van der Waals surface area contributed by atoms with E-state index in [1.165, 1.54) is 0 Å². The van der Waals surface area contributed by atoms with E-state index in [4.69, 9.17) is 4.74 Å². The van der Waals surface area contributed by atoms with E-state index >= 15 is 0 Å². The monoisotopic (exact) mass is 456 g/mol. The van der Waals surface area contributed by atoms with Gasteiger partial charge in [0.25, 0.3) is 0 Å². The molecule has 0 radical (unpaired) electrons. The fraction of sp³-hybridized carbons (Fsp3) is 0.375. The molecule has 174 valence electrons. The van der Waals surface area contributed by atoms with Crippen LogP contribution in [0.3, 0.4) is 0 Å². The number of carbonyl (C=O) groups excluding carboxylic acids is 1. The number of halogens is 2. The maximum atomic E-state index is 13.8. The second kappa shape index (κ2) is 9.17. The Kier molecular flexibility index (Phi) is 6.31. The number of anilines is 1. The van der Waals surface area contributed by atoms with E-state index in [1.807, 2.05) is 32.9 Å². The van der Waals surface area contributed by atoms with E-state index in [0.29, 0.717) is 44.4 Å². The van der Waals surface area contributed by atoms with Crippen molar-refractivity contribution < 1.29 is 23.4 Å². The molecule has 0 bridgehead atoms. The van der Waals surface area contributed by atoms with Gasteiger partial charge in [-0.3, -0.25) is 0 Å². The van der Waals surface area contributed by atoms with Crippen molar-refractivity contribution in [1.29, 1.82) is 0 Å². The number of piperazine rings is 1. The molecule has 3 aromatic rings. The Morgan fingerprint density at radius 2 is 1.88 bits per heavy atom. The van der Waals surface area contributed by atoms with Crippen molar-refractivity contribution in [3.63, 3.8) is 0 Å². The number of ether oxygens (including phenoxy) is 1. The molecule has 1 amide bonds. The molecule has 1 saturated heterocycles. The van der Waals surface area contributed by atoms with Crippen molar-refractivity contribution in [2.75, 3.05) is 37.7 Å². The van der Waals surface area contributed by atoms with Crippen molar-refractivity contribution in [2.24, 2.45) is 5.92 Å². The maximum absolute atomic E-state index is 13.8. The number of benzene rings is 2. The summed E-state index contributed by atoms with van der Waals surface area (Å²) < 4.78 is 32.8. The largest absolute Gasteiger partial charge is 0.504 e. The molecule has 4 rings (SSSR count). The second-order valence-corrected chi connectivity index (χ2v) is 8.64. The SMILES string of the molecule is Cc1cc(N2CCN(C(=O)OCC(C)C)CC2)c2cnc(-c3cc(F)cc(F)c3O)nc2c1. The van der Waals surface area contributed by atoms with E-state index in [2.05, 4.69) is 14.9 Å². The highest BCUT2D eigenvalue weighted by Gasteiger charge is 2.24. The number of hydrogen-bond acceptors (Lipinski definition) is 6. The lowest BCUT2D eigenvalue weighted by Crippen LogP contribution is -2.49. The minimum absolute atomic E-state index is 0.0349. The zero-order chi connectivity index (χ0) is 23.7. The number of aryl methyl sites for hydroxylation is 1. The number of amides is 1. The molecule has 1 aromatic heterocycles. The summed E-state index contributed by atoms with van der Waals surface area (Å²) in [5.74, 6) is -2.26. The van der Waals surface area contributed by atoms with Crippen molar-refractivity contribution in [3.8, 4) is 17.1 Å². The summed E-state index contributed by atoms with van der Waals surface area (Å²) in [6, 6.07) is 5.50. The number of aromatic nitrogens is 2. The Bertz CT molecular complexity index is 1190. The van der Waals surface area contributed by atoms with Gasteiger partial charge in [0, 0.05) is 49.5 Å². The summed E-state index contributed by atoms with van der Waals surface area (Å²) in [5, 5.41) is 10.8. The lowest BCUT2D eigenvalue weighted by atomic mass is 10.1. The first-order chi connectivity index (χ1) is 15.7. The van der Waals surface area contributed by atoms with Crippen LogP contribution >= 0.6 is 0 Å². The first kappa shape index (κ1) is 22.7. The highest BCUT2D eigenvalue weighted by molar-refractivity contribution is 5.93. The van der Waals surface area contributed by atoms with Gasteiger partial charge in [0.15, 0.2) is 17.4 Å². The molecular weight excluding hydrogens is 430 g/mol. The molecule has 2 heterocycles. The van der Waals surface area contributed by atoms with Crippen LogP contribution in [0.4, 0.5) is 19.3 Å². The second-order valence-electron chi connectivity index (χ2n) is 8.64. The average Bonchev–Trinajstić information content (AvgIpc) is 2.79. The van der Waals surface area contributed by atoms with Gasteiger partial charge in [-0.05, 0) is 36.6 Å². The molecule has 0 aliphatic carbocycles. The third-order valence-electron chi connectivity index (χ3n) is 5.51. The number of phenolic OH excluding ortho intramolecular Hbond substituents is 1. The summed E-state index contributed by atoms with van der Waals surface area (Å²) in [7, 11) is 0. The van der Waals surface area contributed by atoms with E-state index in [0.717, 1.165) is 22.7 Å². The molecule has 0 atom stereocenters. The number of rotatable bonds is 4. The van der Waals surface area contributed by atoms with Crippen molar-refractivity contribution in [3.05, 3.63) is 47.7 Å². The van der Waals surface area contributed by atoms with Crippen molar-refractivity contribution in [2.45, 2.75) is 20.8 Å². The Morgan fingerprint density at radius 1 is 1.15 bits per heavy atom. The minimum Gasteiger partial charge on any atom is -0.504 e. The quantitative estimate of drug-likeness (QED) is 0.623. The number of nitrogens with zero attached hydrogens (tertiary/aromatic N) is 4. The smallest absolute Gasteiger partial charge is 0.409 e. The van der Waals surface area contributed by atoms with Crippen LogP contribution in [0.15, 0.2) is 30.5 Å². The Balaban J connectivity index is 1.60. The fourth-order valence-electron chi connectivity index (χ4n) is 3.84. The van der Waals surface area contributed by atoms with Gasteiger partial charge in [0.2, 0.25) is 0 Å². The number of carbonyl (C=O) groups is 1. The first-order valence-corrected chi connectivity index (χ1v) is 10.9. The van der Waals surface area contributed by atoms with Crippen LogP contribution in [0.25, 0.3) is 22.3 Å². The van der Waals surface area contributed by atoms with Crippen molar-refractivity contribution >= 4 is 22.7 Å². The van der Waals surface area contributed by atoms with Crippen LogP contribution in [-0.4, -0.2) is 58.9 Å². The van der Waals surface area contributed by atoms with Crippen LogP contribution in [0.5, 0.6) is 5.75 Å². The maximum Gasteiger partial charge on any atom is 0.409 e. The lowest BCUT2D eigenvalue weighted by Gasteiger charge is -2.36. The van der Waals surface area contributed by atoms with Crippen molar-refractivity contribution in [1.82, 2.24) is 14.9 Å². The van der Waals surface area contributed by atoms with Crippen LogP contribution in [0.2, 0.25) is 0 Å². The molecule has 33 heavy (non-hydrogen) atoms. The molecule has 0 saturated carbocycles. The minimum atomic E-state index is -1.07. The zero-order valence-corrected chi connectivity index (χ0v) is 18.8. The molecular formula is C24H26F2N4O3. The summed E-state index contributed by atoms with van der Waals surface area (Å²) in [6.07, 6.45) is 1.30. The summed E-state index contributed by atoms with van der Waals surface area (Å²) in [4.78, 5) is 24.9. The van der Waals surface area contributed by atoms with Crippen LogP contribution in [0.1, 0.15) is 19.4 Å². The molecule has 0 unspecified atom stereocenters. The summed E-state index contributed by atoms with van der Waals surface area (Å²) in [5.41, 5.74) is 2.36. The molecule has 1 aliphatic heterocycles. The highest BCUT2D eigenvalue weighted by Crippen LogP contribution is 2.33. The van der Waals surface area contributed by atoms with E-state index in [9.17, 15) is 18.7 Å². The van der Waals surface area contributed by atoms with Gasteiger partial charge in [-0.25, -0.2) is 23.5 Å². The Morgan fingerprint density at radius 3 is 2.58 bits per heavy atom. The first-order valence-electron chi connectivity index (χ1n) is 10.9. The van der Waals surface area contributed by atoms with Gasteiger partial charge in [-0.2, -0.15) is 0 Å². The standard InChI is InChI=1S/C24H26F2N4O3/c1-14(2)13-33-24(32)30-6-4-29(5-7-30)21-9-15(3)8-20-18(21)12-27-23(28-20)17-10-16(25)11-19(26)22(17)31/h8-12,14,31H,4-7,13H2,1-3H3. The number of phenols is 1. The fourth-order valence-corrected chi connectivity index (χ4v) is 3.84. The Labute approximate surface area is 190 Å². The van der Waals surface area contributed by atoms with Crippen LogP contribution in [0, 0.1) is 24.5 Å². The third kappa shape index (κ3) is 4.81.